The van der Waals surface area contributed by atoms with Gasteiger partial charge in [-0.15, -0.1) is 0 Å². The van der Waals surface area contributed by atoms with E-state index in [-0.39, 0.29) is 5.06 Å². The average molecular weight is 214 g/mol. The number of hydrogen-bond donors (Lipinski definition) is 1. The average Bonchev–Trinajstić information content (AvgIpc) is 2.17. The van der Waals surface area contributed by atoms with Gasteiger partial charge in [0.2, 0.25) is 5.24 Å². The molecule has 1 rings (SSSR count). The Bertz CT molecular complexity index is 339. The van der Waals surface area contributed by atoms with Gasteiger partial charge in [0.25, 0.3) is 5.91 Å². The summed E-state index contributed by atoms with van der Waals surface area (Å²) in [5, 5.41) is 8.61. The standard InChI is InChI=1S/C9H8ClNO3/c10-8(12)6-11(14)9(13)7-4-2-1-3-5-7/h1-5,14H,6H2. The molecule has 1 aromatic carbocycles. The minimum absolute atomic E-state index is 0.282. The molecule has 0 unspecified atom stereocenters. The highest BCUT2D eigenvalue weighted by Crippen LogP contribution is 2.02. The van der Waals surface area contributed by atoms with Gasteiger partial charge in [0, 0.05) is 5.56 Å². The Labute approximate surface area is 85.7 Å². The fourth-order valence-corrected chi connectivity index (χ4v) is 1.03. The smallest absolute Gasteiger partial charge is 0.277 e. The molecule has 0 saturated heterocycles. The molecule has 0 radical (unpaired) electrons. The lowest BCUT2D eigenvalue weighted by Crippen LogP contribution is -2.31. The summed E-state index contributed by atoms with van der Waals surface area (Å²) < 4.78 is 0. The third-order valence-corrected chi connectivity index (χ3v) is 1.65. The van der Waals surface area contributed by atoms with Crippen molar-refractivity contribution in [2.75, 3.05) is 6.54 Å². The lowest BCUT2D eigenvalue weighted by Gasteiger charge is -2.11. The van der Waals surface area contributed by atoms with Gasteiger partial charge in [-0.2, -0.15) is 0 Å². The maximum absolute atomic E-state index is 11.3. The number of hydroxylamine groups is 2. The van der Waals surface area contributed by atoms with E-state index in [2.05, 4.69) is 0 Å². The Hall–Kier alpha value is -1.39. The van der Waals surface area contributed by atoms with Crippen LogP contribution in [0.15, 0.2) is 30.3 Å². The molecule has 0 bridgehead atoms. The zero-order chi connectivity index (χ0) is 10.6. The fraction of sp³-hybridized carbons (Fsp3) is 0.111. The van der Waals surface area contributed by atoms with Gasteiger partial charge in [0.15, 0.2) is 0 Å². The van der Waals surface area contributed by atoms with Crippen LogP contribution in [0.3, 0.4) is 0 Å². The van der Waals surface area contributed by atoms with E-state index < -0.39 is 17.7 Å². The topological polar surface area (TPSA) is 57.6 Å². The molecule has 4 nitrogen and oxygen atoms in total. The minimum atomic E-state index is -0.795. The molecule has 0 aliphatic carbocycles. The molecule has 0 aliphatic rings. The van der Waals surface area contributed by atoms with E-state index in [4.69, 9.17) is 16.8 Å². The predicted molar refractivity (Wildman–Crippen MR) is 50.1 cm³/mol. The van der Waals surface area contributed by atoms with Crippen LogP contribution in [0.1, 0.15) is 10.4 Å². The molecule has 1 aromatic rings. The number of halogens is 1. The maximum atomic E-state index is 11.3. The number of carbonyl (C=O) groups is 2. The molecule has 0 atom stereocenters. The Kier molecular flexibility index (Phi) is 3.62. The first-order valence-electron chi connectivity index (χ1n) is 3.85. The Morgan fingerprint density at radius 3 is 2.36 bits per heavy atom. The van der Waals surface area contributed by atoms with E-state index in [1.807, 2.05) is 0 Å². The summed E-state index contributed by atoms with van der Waals surface area (Å²) in [5.41, 5.74) is 0.299. The molecule has 0 aromatic heterocycles. The third kappa shape index (κ3) is 2.83. The molecular formula is C9H8ClNO3. The summed E-state index contributed by atoms with van der Waals surface area (Å²) in [4.78, 5) is 21.7. The van der Waals surface area contributed by atoms with Crippen LogP contribution in [0, 0.1) is 0 Å². The van der Waals surface area contributed by atoms with Crippen molar-refractivity contribution in [1.29, 1.82) is 0 Å². The third-order valence-electron chi connectivity index (χ3n) is 1.53. The van der Waals surface area contributed by atoms with Crippen LogP contribution in [-0.2, 0) is 4.79 Å². The van der Waals surface area contributed by atoms with Gasteiger partial charge in [-0.1, -0.05) is 18.2 Å². The molecule has 0 heterocycles. The van der Waals surface area contributed by atoms with Crippen molar-refractivity contribution in [2.24, 2.45) is 0 Å². The highest BCUT2D eigenvalue weighted by atomic mass is 35.5. The molecule has 0 aliphatic heterocycles. The van der Waals surface area contributed by atoms with Crippen molar-refractivity contribution in [3.63, 3.8) is 0 Å². The van der Waals surface area contributed by atoms with Crippen LogP contribution in [0.5, 0.6) is 0 Å². The lowest BCUT2D eigenvalue weighted by atomic mass is 10.2. The van der Waals surface area contributed by atoms with E-state index in [1.54, 1.807) is 18.2 Å². The molecule has 0 spiro atoms. The van der Waals surface area contributed by atoms with E-state index in [9.17, 15) is 9.59 Å². The van der Waals surface area contributed by atoms with Gasteiger partial charge in [-0.3, -0.25) is 14.8 Å². The zero-order valence-corrected chi connectivity index (χ0v) is 7.94. The summed E-state index contributed by atoms with van der Waals surface area (Å²) in [6, 6.07) is 8.12. The maximum Gasteiger partial charge on any atom is 0.277 e. The predicted octanol–water partition coefficient (Wildman–Crippen LogP) is 1.28. The molecule has 74 valence electrons. The summed E-state index contributed by atoms with van der Waals surface area (Å²) >= 11 is 5.01. The lowest BCUT2D eigenvalue weighted by molar-refractivity contribution is -0.121. The van der Waals surface area contributed by atoms with Crippen LogP contribution >= 0.6 is 11.6 Å². The SMILES string of the molecule is O=C(Cl)CN(O)C(=O)c1ccccc1. The van der Waals surface area contributed by atoms with Crippen molar-refractivity contribution in [2.45, 2.75) is 0 Å². The molecule has 0 saturated carbocycles. The molecular weight excluding hydrogens is 206 g/mol. The van der Waals surface area contributed by atoms with Crippen LogP contribution in [0.2, 0.25) is 0 Å². The van der Waals surface area contributed by atoms with Gasteiger partial charge < -0.3 is 0 Å². The number of rotatable bonds is 3. The van der Waals surface area contributed by atoms with Crippen molar-refractivity contribution in [1.82, 2.24) is 5.06 Å². The highest BCUT2D eigenvalue weighted by molar-refractivity contribution is 6.64. The first-order chi connectivity index (χ1) is 6.61. The van der Waals surface area contributed by atoms with E-state index in [0.717, 1.165) is 0 Å². The number of nitrogens with zero attached hydrogens (tertiary/aromatic N) is 1. The van der Waals surface area contributed by atoms with Crippen molar-refractivity contribution in [3.8, 4) is 0 Å². The van der Waals surface area contributed by atoms with E-state index in [0.29, 0.717) is 5.56 Å². The summed E-state index contributed by atoms with van der Waals surface area (Å²) in [7, 11) is 0. The minimum Gasteiger partial charge on any atom is -0.285 e. The van der Waals surface area contributed by atoms with E-state index >= 15 is 0 Å². The highest BCUT2D eigenvalue weighted by Gasteiger charge is 2.14. The fourth-order valence-electron chi connectivity index (χ4n) is 0.919. The number of hydrogen-bond acceptors (Lipinski definition) is 3. The first-order valence-corrected chi connectivity index (χ1v) is 4.23. The molecule has 5 heteroatoms. The zero-order valence-electron chi connectivity index (χ0n) is 7.18. The second-order valence-corrected chi connectivity index (χ2v) is 3.01. The largest absolute Gasteiger partial charge is 0.285 e. The number of benzene rings is 1. The normalized spacial score (nSPS) is 9.57. The van der Waals surface area contributed by atoms with Gasteiger partial charge >= 0.3 is 0 Å². The summed E-state index contributed by atoms with van der Waals surface area (Å²) in [5.74, 6) is -0.653. The molecule has 1 amide bonds. The second-order valence-electron chi connectivity index (χ2n) is 2.58. The summed E-state index contributed by atoms with van der Waals surface area (Å²) in [6.07, 6.45) is 0. The van der Waals surface area contributed by atoms with Gasteiger partial charge in [-0.05, 0) is 23.7 Å². The monoisotopic (exact) mass is 213 g/mol. The Balaban J connectivity index is 2.71. The van der Waals surface area contributed by atoms with Gasteiger partial charge in [0.05, 0.1) is 0 Å². The number of carbonyl (C=O) groups excluding carboxylic acids is 2. The Morgan fingerprint density at radius 1 is 1.29 bits per heavy atom. The molecule has 1 N–H and O–H groups in total. The number of amides is 1. The van der Waals surface area contributed by atoms with Gasteiger partial charge in [0.1, 0.15) is 6.54 Å². The van der Waals surface area contributed by atoms with Gasteiger partial charge in [-0.25, -0.2) is 5.06 Å². The van der Waals surface area contributed by atoms with Crippen molar-refractivity contribution >= 4 is 22.8 Å². The van der Waals surface area contributed by atoms with Crippen LogP contribution in [0.4, 0.5) is 0 Å². The quantitative estimate of drug-likeness (QED) is 0.468. The first kappa shape index (κ1) is 10.7. The van der Waals surface area contributed by atoms with Crippen molar-refractivity contribution < 1.29 is 14.8 Å². The second kappa shape index (κ2) is 4.74. The molecule has 14 heavy (non-hydrogen) atoms. The van der Waals surface area contributed by atoms with Crippen LogP contribution in [-0.4, -0.2) is 28.0 Å². The van der Waals surface area contributed by atoms with Crippen LogP contribution in [0.25, 0.3) is 0 Å². The van der Waals surface area contributed by atoms with Crippen LogP contribution < -0.4 is 0 Å². The van der Waals surface area contributed by atoms with E-state index in [1.165, 1.54) is 12.1 Å². The molecule has 0 fully saturated rings. The summed E-state index contributed by atoms with van der Waals surface area (Å²) in [6.45, 7) is -0.519. The Morgan fingerprint density at radius 2 is 1.86 bits per heavy atom. The van der Waals surface area contributed by atoms with Crippen molar-refractivity contribution in [3.05, 3.63) is 35.9 Å².